The SMILES string of the molecule is Cc1cc(C)c2ccc(NCCN3CCC(Cc4ccccc4)CC3)nc2c1. The summed E-state index contributed by atoms with van der Waals surface area (Å²) in [7, 11) is 0. The Kier molecular flexibility index (Phi) is 5.92. The van der Waals surface area contributed by atoms with Gasteiger partial charge in [0, 0.05) is 18.5 Å². The molecule has 2 aromatic carbocycles. The van der Waals surface area contributed by atoms with E-state index in [0.717, 1.165) is 30.3 Å². The van der Waals surface area contributed by atoms with Gasteiger partial charge in [-0.1, -0.05) is 36.4 Å². The van der Waals surface area contributed by atoms with Crippen LogP contribution in [0.25, 0.3) is 10.9 Å². The van der Waals surface area contributed by atoms with Crippen LogP contribution in [0.1, 0.15) is 29.5 Å². The summed E-state index contributed by atoms with van der Waals surface area (Å²) in [4.78, 5) is 7.40. The second-order valence-electron chi connectivity index (χ2n) is 8.25. The van der Waals surface area contributed by atoms with E-state index in [1.54, 1.807) is 0 Å². The second kappa shape index (κ2) is 8.74. The minimum atomic E-state index is 0.834. The quantitative estimate of drug-likeness (QED) is 0.642. The Morgan fingerprint density at radius 1 is 1.00 bits per heavy atom. The zero-order valence-electron chi connectivity index (χ0n) is 17.1. The number of benzene rings is 2. The summed E-state index contributed by atoms with van der Waals surface area (Å²) >= 11 is 0. The fourth-order valence-electron chi connectivity index (χ4n) is 4.40. The molecule has 0 unspecified atom stereocenters. The van der Waals surface area contributed by atoms with Crippen LogP contribution in [-0.2, 0) is 6.42 Å². The number of hydrogen-bond donors (Lipinski definition) is 1. The maximum Gasteiger partial charge on any atom is 0.126 e. The molecule has 28 heavy (non-hydrogen) atoms. The molecular weight excluding hydrogens is 342 g/mol. The summed E-state index contributed by atoms with van der Waals surface area (Å²) < 4.78 is 0. The molecule has 0 aliphatic carbocycles. The van der Waals surface area contributed by atoms with Gasteiger partial charge in [-0.25, -0.2) is 4.98 Å². The van der Waals surface area contributed by atoms with E-state index >= 15 is 0 Å². The second-order valence-corrected chi connectivity index (χ2v) is 8.25. The molecule has 0 bridgehead atoms. The van der Waals surface area contributed by atoms with Crippen molar-refractivity contribution in [3.8, 4) is 0 Å². The zero-order chi connectivity index (χ0) is 19.3. The highest BCUT2D eigenvalue weighted by molar-refractivity contribution is 5.84. The lowest BCUT2D eigenvalue weighted by Gasteiger charge is -2.32. The summed E-state index contributed by atoms with van der Waals surface area (Å²) in [5.74, 6) is 1.82. The van der Waals surface area contributed by atoms with Gasteiger partial charge in [0.05, 0.1) is 5.52 Å². The number of fused-ring (bicyclic) bond motifs is 1. The van der Waals surface area contributed by atoms with E-state index in [0.29, 0.717) is 0 Å². The molecule has 4 rings (SSSR count). The molecule has 3 nitrogen and oxygen atoms in total. The lowest BCUT2D eigenvalue weighted by molar-refractivity contribution is 0.190. The first-order valence-electron chi connectivity index (χ1n) is 10.6. The zero-order valence-corrected chi connectivity index (χ0v) is 17.1. The van der Waals surface area contributed by atoms with Gasteiger partial charge in [-0.05, 0) is 87.0 Å². The summed E-state index contributed by atoms with van der Waals surface area (Å²) in [6.45, 7) is 8.75. The van der Waals surface area contributed by atoms with Crippen molar-refractivity contribution in [2.45, 2.75) is 33.1 Å². The Labute approximate surface area is 168 Å². The van der Waals surface area contributed by atoms with Crippen LogP contribution in [0, 0.1) is 19.8 Å². The number of hydrogen-bond acceptors (Lipinski definition) is 3. The fourth-order valence-corrected chi connectivity index (χ4v) is 4.40. The Balaban J connectivity index is 1.24. The third kappa shape index (κ3) is 4.71. The van der Waals surface area contributed by atoms with Crippen molar-refractivity contribution in [2.75, 3.05) is 31.5 Å². The van der Waals surface area contributed by atoms with E-state index < -0.39 is 0 Å². The first kappa shape index (κ1) is 18.9. The minimum absolute atomic E-state index is 0.834. The van der Waals surface area contributed by atoms with Crippen LogP contribution < -0.4 is 5.32 Å². The van der Waals surface area contributed by atoms with E-state index in [-0.39, 0.29) is 0 Å². The standard InChI is InChI=1S/C25H31N3/c1-19-16-20(2)23-8-9-25(27-24(23)17-19)26-12-15-28-13-10-22(11-14-28)18-21-6-4-3-5-7-21/h3-9,16-17,22H,10-15,18H2,1-2H3,(H,26,27). The molecular formula is C25H31N3. The first-order chi connectivity index (χ1) is 13.7. The molecule has 146 valence electrons. The maximum atomic E-state index is 4.81. The number of anilines is 1. The van der Waals surface area contributed by atoms with Crippen molar-refractivity contribution in [1.82, 2.24) is 9.88 Å². The average molecular weight is 374 g/mol. The Morgan fingerprint density at radius 3 is 2.57 bits per heavy atom. The minimum Gasteiger partial charge on any atom is -0.369 e. The van der Waals surface area contributed by atoms with Gasteiger partial charge < -0.3 is 10.2 Å². The van der Waals surface area contributed by atoms with E-state index in [4.69, 9.17) is 4.98 Å². The molecule has 0 radical (unpaired) electrons. The van der Waals surface area contributed by atoms with E-state index in [1.165, 1.54) is 54.4 Å². The van der Waals surface area contributed by atoms with E-state index in [2.05, 4.69) is 78.7 Å². The van der Waals surface area contributed by atoms with Crippen LogP contribution in [0.2, 0.25) is 0 Å². The molecule has 1 fully saturated rings. The Morgan fingerprint density at radius 2 is 1.79 bits per heavy atom. The monoisotopic (exact) mass is 373 g/mol. The van der Waals surface area contributed by atoms with Crippen molar-refractivity contribution < 1.29 is 0 Å². The van der Waals surface area contributed by atoms with Gasteiger partial charge in [-0.3, -0.25) is 0 Å². The number of pyridine rings is 1. The summed E-state index contributed by atoms with van der Waals surface area (Å²) in [6, 6.07) is 19.6. The third-order valence-electron chi connectivity index (χ3n) is 5.97. The molecule has 1 aliphatic rings. The van der Waals surface area contributed by atoms with Crippen LogP contribution in [-0.4, -0.2) is 36.1 Å². The normalized spacial score (nSPS) is 15.8. The van der Waals surface area contributed by atoms with Crippen molar-refractivity contribution in [2.24, 2.45) is 5.92 Å². The van der Waals surface area contributed by atoms with E-state index in [1.807, 2.05) is 0 Å². The molecule has 2 heterocycles. The molecule has 3 aromatic rings. The van der Waals surface area contributed by atoms with Gasteiger partial charge in [0.1, 0.15) is 5.82 Å². The van der Waals surface area contributed by atoms with Gasteiger partial charge >= 0.3 is 0 Å². The number of aryl methyl sites for hydroxylation is 2. The first-order valence-corrected chi connectivity index (χ1v) is 10.6. The number of rotatable bonds is 6. The number of likely N-dealkylation sites (tertiary alicyclic amines) is 1. The highest BCUT2D eigenvalue weighted by Crippen LogP contribution is 2.22. The molecule has 1 saturated heterocycles. The predicted octanol–water partition coefficient (Wildman–Crippen LogP) is 5.22. The number of aromatic nitrogens is 1. The van der Waals surface area contributed by atoms with Gasteiger partial charge in [0.15, 0.2) is 0 Å². The molecule has 1 aliphatic heterocycles. The topological polar surface area (TPSA) is 28.2 Å². The van der Waals surface area contributed by atoms with Crippen LogP contribution in [0.15, 0.2) is 54.6 Å². The van der Waals surface area contributed by atoms with Crippen molar-refractivity contribution in [3.63, 3.8) is 0 Å². The van der Waals surface area contributed by atoms with Crippen LogP contribution >= 0.6 is 0 Å². The maximum absolute atomic E-state index is 4.81. The number of nitrogens with zero attached hydrogens (tertiary/aromatic N) is 2. The van der Waals surface area contributed by atoms with Crippen LogP contribution in [0.3, 0.4) is 0 Å². The van der Waals surface area contributed by atoms with Gasteiger partial charge in [-0.2, -0.15) is 0 Å². The Hall–Kier alpha value is -2.39. The van der Waals surface area contributed by atoms with Crippen LogP contribution in [0.4, 0.5) is 5.82 Å². The van der Waals surface area contributed by atoms with Gasteiger partial charge in [0.25, 0.3) is 0 Å². The van der Waals surface area contributed by atoms with E-state index in [9.17, 15) is 0 Å². The number of piperidine rings is 1. The third-order valence-corrected chi connectivity index (χ3v) is 5.97. The van der Waals surface area contributed by atoms with Crippen LogP contribution in [0.5, 0.6) is 0 Å². The molecule has 0 amide bonds. The van der Waals surface area contributed by atoms with Gasteiger partial charge in [0.2, 0.25) is 0 Å². The molecule has 1 aromatic heterocycles. The number of nitrogens with one attached hydrogen (secondary N) is 1. The molecule has 0 atom stereocenters. The summed E-state index contributed by atoms with van der Waals surface area (Å²) in [6.07, 6.45) is 3.84. The summed E-state index contributed by atoms with van der Waals surface area (Å²) in [5.41, 5.74) is 5.14. The molecule has 3 heteroatoms. The van der Waals surface area contributed by atoms with Crippen molar-refractivity contribution in [3.05, 3.63) is 71.3 Å². The highest BCUT2D eigenvalue weighted by Gasteiger charge is 2.19. The van der Waals surface area contributed by atoms with Crippen molar-refractivity contribution >= 4 is 16.7 Å². The lowest BCUT2D eigenvalue weighted by Crippen LogP contribution is -2.37. The molecule has 1 N–H and O–H groups in total. The lowest BCUT2D eigenvalue weighted by atomic mass is 9.90. The average Bonchev–Trinajstić information content (AvgIpc) is 2.70. The molecule has 0 saturated carbocycles. The largest absolute Gasteiger partial charge is 0.369 e. The predicted molar refractivity (Wildman–Crippen MR) is 119 cm³/mol. The summed E-state index contributed by atoms with van der Waals surface area (Å²) in [5, 5.41) is 4.77. The van der Waals surface area contributed by atoms with Gasteiger partial charge in [-0.15, -0.1) is 0 Å². The fraction of sp³-hybridized carbons (Fsp3) is 0.400. The van der Waals surface area contributed by atoms with Crippen molar-refractivity contribution in [1.29, 1.82) is 0 Å². The smallest absolute Gasteiger partial charge is 0.126 e. The Bertz CT molecular complexity index is 912. The molecule has 0 spiro atoms. The highest BCUT2D eigenvalue weighted by atomic mass is 15.1.